The van der Waals surface area contributed by atoms with Crippen LogP contribution in [0.1, 0.15) is 18.4 Å². The molecular formula is C24H30N6O2U. The first kappa shape index (κ1) is 25.7. The second-order valence-electron chi connectivity index (χ2n) is 7.78. The number of nitrogens with one attached hydrogen (secondary N) is 2. The van der Waals surface area contributed by atoms with Gasteiger partial charge in [-0.15, -0.1) is 13.1 Å². The van der Waals surface area contributed by atoms with Crippen LogP contribution in [-0.4, -0.2) is 59.4 Å². The van der Waals surface area contributed by atoms with E-state index in [-0.39, 0.29) is 37.7 Å². The van der Waals surface area contributed by atoms with Crippen molar-refractivity contribution < 1.29 is 41.0 Å². The molecule has 0 saturated carbocycles. The van der Waals surface area contributed by atoms with Gasteiger partial charge in [0.05, 0.1) is 24.8 Å². The summed E-state index contributed by atoms with van der Waals surface area (Å²) in [6, 6.07) is 9.93. The first-order valence-electron chi connectivity index (χ1n) is 10.9. The molecule has 1 aliphatic rings. The molecule has 0 radical (unpaired) electrons. The maximum atomic E-state index is 9.69. The van der Waals surface area contributed by atoms with Crippen molar-refractivity contribution in [3.63, 3.8) is 0 Å². The summed E-state index contributed by atoms with van der Waals surface area (Å²) in [4.78, 5) is 16.4. The van der Waals surface area contributed by atoms with Crippen molar-refractivity contribution in [2.24, 2.45) is 0 Å². The van der Waals surface area contributed by atoms with Gasteiger partial charge in [-0.1, -0.05) is 0 Å². The maximum Gasteiger partial charge on any atom is 2.00 e. The third kappa shape index (κ3) is 5.78. The molecule has 0 spiro atoms. The van der Waals surface area contributed by atoms with Crippen molar-refractivity contribution in [1.29, 1.82) is 0 Å². The minimum Gasteiger partial charge on any atom is -0.496 e. The Morgan fingerprint density at radius 2 is 1.88 bits per heavy atom. The molecule has 0 bridgehead atoms. The number of hydrogen-bond donors (Lipinski definition) is 3. The molecule has 0 amide bonds. The van der Waals surface area contributed by atoms with E-state index in [1.165, 1.54) is 0 Å². The Hall–Kier alpha value is -1.92. The molecule has 33 heavy (non-hydrogen) atoms. The predicted octanol–water partition coefficient (Wildman–Crippen LogP) is 2.83. The van der Waals surface area contributed by atoms with Crippen molar-refractivity contribution in [2.75, 3.05) is 43.5 Å². The normalized spacial score (nSPS) is 14.1. The molecule has 0 atom stereocenters. The minimum absolute atomic E-state index is 0. The number of aromatic nitrogens is 3. The van der Waals surface area contributed by atoms with Gasteiger partial charge in [0.2, 0.25) is 5.95 Å². The van der Waals surface area contributed by atoms with E-state index in [0.717, 1.165) is 48.4 Å². The summed E-state index contributed by atoms with van der Waals surface area (Å²) < 4.78 is 5.32. The number of nitrogens with zero attached hydrogens (tertiary/aromatic N) is 4. The van der Waals surface area contributed by atoms with Gasteiger partial charge in [-0.25, -0.2) is 4.98 Å². The monoisotopic (exact) mass is 672 g/mol. The number of pyridine rings is 1. The van der Waals surface area contributed by atoms with Crippen LogP contribution in [0.5, 0.6) is 5.75 Å². The van der Waals surface area contributed by atoms with Crippen molar-refractivity contribution in [3.05, 3.63) is 49.7 Å². The Kier molecular flexibility index (Phi) is 9.33. The molecule has 9 heteroatoms. The molecule has 3 heterocycles. The summed E-state index contributed by atoms with van der Waals surface area (Å²) in [5.41, 5.74) is 2.97. The summed E-state index contributed by atoms with van der Waals surface area (Å²) in [7, 11) is 1.59. The van der Waals surface area contributed by atoms with Gasteiger partial charge in [0.15, 0.2) is 5.65 Å². The quantitative estimate of drug-likeness (QED) is 0.315. The molecule has 172 valence electrons. The standard InChI is InChI=1S/C24H30N6O2.U/c1-4-30(5-2)23-19-7-8-20(16-6-9-21(32-3)17(14-16)15-31)27-22(19)28-24(29-23)26-18-10-12-25-13-11-18;/h6-9,14,18,25,31H,1-2,4-5,10-13,15H2,3H3,(H,26,27,28,29);/q-2;+2. The summed E-state index contributed by atoms with van der Waals surface area (Å²) in [5.74, 6) is 2.00. The Balaban J connectivity index is 0.00000306. The van der Waals surface area contributed by atoms with Crippen LogP contribution in [0.2, 0.25) is 0 Å². The Labute approximate surface area is 218 Å². The van der Waals surface area contributed by atoms with E-state index in [4.69, 9.17) is 19.7 Å². The van der Waals surface area contributed by atoms with Crippen LogP contribution < -0.4 is 20.3 Å². The molecule has 3 aromatic rings. The van der Waals surface area contributed by atoms with E-state index in [0.29, 0.717) is 42.0 Å². The summed E-state index contributed by atoms with van der Waals surface area (Å²) >= 11 is 0. The summed E-state index contributed by atoms with van der Waals surface area (Å²) in [6.07, 6.45) is 2.04. The Bertz CT molecular complexity index is 1070. The zero-order valence-corrected chi connectivity index (χ0v) is 23.1. The largest absolute Gasteiger partial charge is 2.00 e. The molecule has 1 saturated heterocycles. The van der Waals surface area contributed by atoms with E-state index in [1.807, 2.05) is 35.2 Å². The fraction of sp³-hybridized carbons (Fsp3) is 0.375. The topological polar surface area (TPSA) is 95.4 Å². The van der Waals surface area contributed by atoms with Crippen molar-refractivity contribution in [2.45, 2.75) is 25.5 Å². The van der Waals surface area contributed by atoms with E-state index in [9.17, 15) is 5.11 Å². The van der Waals surface area contributed by atoms with Gasteiger partial charge >= 0.3 is 31.1 Å². The number of ether oxygens (including phenoxy) is 1. The molecule has 0 aliphatic carbocycles. The van der Waals surface area contributed by atoms with E-state index in [2.05, 4.69) is 24.5 Å². The number of benzene rings is 1. The smallest absolute Gasteiger partial charge is 0.496 e. The average molecular weight is 673 g/mol. The van der Waals surface area contributed by atoms with E-state index < -0.39 is 0 Å². The zero-order chi connectivity index (χ0) is 22.5. The van der Waals surface area contributed by atoms with Crippen LogP contribution >= 0.6 is 0 Å². The van der Waals surface area contributed by atoms with E-state index in [1.54, 1.807) is 7.11 Å². The number of aliphatic hydroxyl groups excluding tert-OH is 1. The number of aliphatic hydroxyl groups is 1. The Morgan fingerprint density at radius 3 is 2.55 bits per heavy atom. The van der Waals surface area contributed by atoms with Gasteiger partial charge in [-0.3, -0.25) is 0 Å². The zero-order valence-electron chi connectivity index (χ0n) is 19.0. The fourth-order valence-corrected chi connectivity index (χ4v) is 3.99. The van der Waals surface area contributed by atoms with Crippen molar-refractivity contribution in [3.8, 4) is 17.0 Å². The first-order chi connectivity index (χ1) is 15.7. The molecule has 1 fully saturated rings. The molecule has 2 aromatic heterocycles. The number of methoxy groups -OCH3 is 1. The SMILES string of the molecule is [CH2-]CN(C[CH2-])c1nc(NC2CCNCC2)nc2nc(-c3ccc(OC)c(CO)c3)ccc12.[U+2]. The second-order valence-corrected chi connectivity index (χ2v) is 7.78. The maximum absolute atomic E-state index is 9.69. The van der Waals surface area contributed by atoms with Crippen LogP contribution in [0.15, 0.2) is 30.3 Å². The Morgan fingerprint density at radius 1 is 1.12 bits per heavy atom. The van der Waals surface area contributed by atoms with Crippen LogP contribution in [0.4, 0.5) is 11.8 Å². The van der Waals surface area contributed by atoms with Gasteiger partial charge in [0, 0.05) is 17.2 Å². The van der Waals surface area contributed by atoms with Crippen LogP contribution in [0.25, 0.3) is 22.3 Å². The van der Waals surface area contributed by atoms with Gasteiger partial charge in [-0.05, 0) is 56.3 Å². The van der Waals surface area contributed by atoms with Crippen molar-refractivity contribution in [1.82, 2.24) is 20.3 Å². The van der Waals surface area contributed by atoms with Gasteiger partial charge in [-0.2, -0.15) is 9.97 Å². The number of fused-ring (bicyclic) bond motifs is 1. The summed E-state index contributed by atoms with van der Waals surface area (Å²) in [5, 5.41) is 17.4. The molecule has 0 unspecified atom stereocenters. The third-order valence-electron chi connectivity index (χ3n) is 5.80. The molecule has 8 nitrogen and oxygen atoms in total. The van der Waals surface area contributed by atoms with Crippen LogP contribution in [0, 0.1) is 45.0 Å². The summed E-state index contributed by atoms with van der Waals surface area (Å²) in [6.45, 7) is 11.0. The molecular weight excluding hydrogens is 642 g/mol. The average Bonchev–Trinajstić information content (AvgIpc) is 2.84. The van der Waals surface area contributed by atoms with Gasteiger partial charge in [0.25, 0.3) is 0 Å². The predicted molar refractivity (Wildman–Crippen MR) is 128 cm³/mol. The van der Waals surface area contributed by atoms with Crippen LogP contribution in [-0.2, 0) is 6.61 Å². The number of anilines is 2. The molecule has 1 aromatic carbocycles. The number of piperidine rings is 1. The molecule has 4 rings (SSSR count). The van der Waals surface area contributed by atoms with Gasteiger partial charge < -0.3 is 39.2 Å². The molecule has 1 aliphatic heterocycles. The number of hydrogen-bond acceptors (Lipinski definition) is 8. The van der Waals surface area contributed by atoms with Gasteiger partial charge in [0.1, 0.15) is 11.6 Å². The molecule has 3 N–H and O–H groups in total. The first-order valence-corrected chi connectivity index (χ1v) is 10.9. The second kappa shape index (κ2) is 12.0. The third-order valence-corrected chi connectivity index (χ3v) is 5.80. The minimum atomic E-state index is -0.108. The van der Waals surface area contributed by atoms with Crippen LogP contribution in [0.3, 0.4) is 0 Å². The van der Waals surface area contributed by atoms with E-state index >= 15 is 0 Å². The fourth-order valence-electron chi connectivity index (χ4n) is 3.99. The number of rotatable bonds is 8. The van der Waals surface area contributed by atoms with Crippen molar-refractivity contribution >= 4 is 22.8 Å².